The second-order valence-electron chi connectivity index (χ2n) is 4.58. The van der Waals surface area contributed by atoms with E-state index in [1.165, 1.54) is 12.1 Å². The van der Waals surface area contributed by atoms with Crippen molar-refractivity contribution in [3.05, 3.63) is 34.3 Å². The fourth-order valence-electron chi connectivity index (χ4n) is 1.98. The first-order valence-corrected chi connectivity index (χ1v) is 5.99. The Labute approximate surface area is 120 Å². The second-order valence-corrected chi connectivity index (χ2v) is 5.02. The van der Waals surface area contributed by atoms with E-state index >= 15 is 0 Å². The van der Waals surface area contributed by atoms with Crippen molar-refractivity contribution in [2.45, 2.75) is 31.2 Å². The number of halogens is 5. The second kappa shape index (κ2) is 5.87. The molecule has 7 heteroatoms. The highest BCUT2D eigenvalue weighted by Gasteiger charge is 2.39. The molecule has 0 bridgehead atoms. The third kappa shape index (κ3) is 3.75. The molecule has 2 rings (SSSR count). The van der Waals surface area contributed by atoms with Crippen LogP contribution in [0.2, 0.25) is 5.02 Å². The molecule has 2 nitrogen and oxygen atoms in total. The van der Waals surface area contributed by atoms with Gasteiger partial charge in [0.15, 0.2) is 0 Å². The molecule has 3 N–H and O–H groups in total. The minimum atomic E-state index is -4.53. The Bertz CT molecular complexity index is 449. The van der Waals surface area contributed by atoms with E-state index in [-0.39, 0.29) is 28.9 Å². The summed E-state index contributed by atoms with van der Waals surface area (Å²) >= 11 is 5.58. The number of nitrogens with two attached hydrogens (primary N) is 1. The molecule has 1 aromatic carbocycles. The molecule has 1 aromatic rings. The highest BCUT2D eigenvalue weighted by Crippen LogP contribution is 2.41. The van der Waals surface area contributed by atoms with Gasteiger partial charge >= 0.3 is 6.18 Å². The van der Waals surface area contributed by atoms with Crippen LogP contribution in [0, 0.1) is 5.92 Å². The maximum atomic E-state index is 12.9. The van der Waals surface area contributed by atoms with E-state index in [9.17, 15) is 18.3 Å². The number of hydrogen-bond acceptors (Lipinski definition) is 2. The molecule has 2 atom stereocenters. The molecule has 108 valence electrons. The van der Waals surface area contributed by atoms with Crippen LogP contribution in [0.3, 0.4) is 0 Å². The molecule has 1 aliphatic carbocycles. The Balaban J connectivity index is 0.00000180. The van der Waals surface area contributed by atoms with E-state index in [1.807, 2.05) is 0 Å². The predicted molar refractivity (Wildman–Crippen MR) is 69.4 cm³/mol. The van der Waals surface area contributed by atoms with Crippen molar-refractivity contribution in [3.63, 3.8) is 0 Å². The van der Waals surface area contributed by atoms with Gasteiger partial charge in [-0.3, -0.25) is 0 Å². The Morgan fingerprint density at radius 1 is 1.32 bits per heavy atom. The Morgan fingerprint density at radius 3 is 2.37 bits per heavy atom. The first-order chi connectivity index (χ1) is 8.30. The van der Waals surface area contributed by atoms with Gasteiger partial charge in [-0.05, 0) is 36.5 Å². The zero-order valence-corrected chi connectivity index (χ0v) is 11.4. The van der Waals surface area contributed by atoms with Gasteiger partial charge in [0.2, 0.25) is 0 Å². The minimum absolute atomic E-state index is 0. The smallest absolute Gasteiger partial charge is 0.391 e. The number of aliphatic hydroxyl groups excluding tert-OH is 1. The van der Waals surface area contributed by atoms with Crippen molar-refractivity contribution in [1.29, 1.82) is 0 Å². The number of benzene rings is 1. The molecule has 0 amide bonds. The summed E-state index contributed by atoms with van der Waals surface area (Å²) < 4.78 is 38.6. The molecular weight excluding hydrogens is 302 g/mol. The van der Waals surface area contributed by atoms with Gasteiger partial charge in [-0.2, -0.15) is 13.2 Å². The lowest BCUT2D eigenvalue weighted by Gasteiger charge is -2.22. The molecular formula is C12H14Cl2F3NO. The number of rotatable bonds is 3. The van der Waals surface area contributed by atoms with Crippen molar-refractivity contribution in [2.24, 2.45) is 11.7 Å². The molecule has 0 aromatic heterocycles. The molecule has 1 aliphatic rings. The predicted octanol–water partition coefficient (Wildman–Crippen LogP) is 3.55. The lowest BCUT2D eigenvalue weighted by Crippen LogP contribution is -2.30. The van der Waals surface area contributed by atoms with Gasteiger partial charge in [-0.25, -0.2) is 0 Å². The summed E-state index contributed by atoms with van der Waals surface area (Å²) in [6.07, 6.45) is -3.85. The zero-order valence-electron chi connectivity index (χ0n) is 9.82. The average molecular weight is 316 g/mol. The van der Waals surface area contributed by atoms with Crippen LogP contribution in [0.5, 0.6) is 0 Å². The van der Waals surface area contributed by atoms with E-state index < -0.39 is 23.9 Å². The molecule has 0 spiro atoms. The SMILES string of the molecule is Cl.N[C@@H](c1ccc(Cl)cc1C(F)(F)F)[C@H](O)C1CC1. The lowest BCUT2D eigenvalue weighted by molar-refractivity contribution is -0.138. The fraction of sp³-hybridized carbons (Fsp3) is 0.500. The summed E-state index contributed by atoms with van der Waals surface area (Å²) in [5.74, 6) is 0.0109. The Hall–Kier alpha value is -0.490. The normalized spacial score (nSPS) is 18.6. The summed E-state index contributed by atoms with van der Waals surface area (Å²) in [5, 5.41) is 9.84. The van der Waals surface area contributed by atoms with Crippen molar-refractivity contribution in [2.75, 3.05) is 0 Å². The molecule has 19 heavy (non-hydrogen) atoms. The maximum Gasteiger partial charge on any atom is 0.416 e. The van der Waals surface area contributed by atoms with Crippen molar-refractivity contribution >= 4 is 24.0 Å². The number of aliphatic hydroxyl groups is 1. The highest BCUT2D eigenvalue weighted by molar-refractivity contribution is 6.30. The topological polar surface area (TPSA) is 46.2 Å². The van der Waals surface area contributed by atoms with Crippen molar-refractivity contribution < 1.29 is 18.3 Å². The highest BCUT2D eigenvalue weighted by atomic mass is 35.5. The van der Waals surface area contributed by atoms with E-state index in [2.05, 4.69) is 0 Å². The minimum Gasteiger partial charge on any atom is -0.391 e. The van der Waals surface area contributed by atoms with Crippen LogP contribution in [0.1, 0.15) is 30.0 Å². The van der Waals surface area contributed by atoms with Gasteiger partial charge in [0.05, 0.1) is 17.7 Å². The lowest BCUT2D eigenvalue weighted by atomic mass is 9.94. The molecule has 0 radical (unpaired) electrons. The van der Waals surface area contributed by atoms with Crippen LogP contribution in [0.25, 0.3) is 0 Å². The summed E-state index contributed by atoms with van der Waals surface area (Å²) in [5.41, 5.74) is 4.76. The van der Waals surface area contributed by atoms with E-state index in [0.29, 0.717) is 0 Å². The van der Waals surface area contributed by atoms with E-state index in [4.69, 9.17) is 17.3 Å². The first-order valence-electron chi connectivity index (χ1n) is 5.61. The third-order valence-electron chi connectivity index (χ3n) is 3.15. The van der Waals surface area contributed by atoms with Crippen LogP contribution < -0.4 is 5.73 Å². The van der Waals surface area contributed by atoms with Crippen LogP contribution in [-0.2, 0) is 6.18 Å². The molecule has 1 saturated carbocycles. The third-order valence-corrected chi connectivity index (χ3v) is 3.39. The standard InChI is InChI=1S/C12H13ClF3NO.ClH/c13-7-3-4-8(9(5-7)12(14,15)16)10(17)11(18)6-1-2-6;/h3-6,10-11,18H,1-2,17H2;1H/t10-,11+;/m0./s1. The van der Waals surface area contributed by atoms with Gasteiger partial charge in [0, 0.05) is 5.02 Å². The van der Waals surface area contributed by atoms with Crippen molar-refractivity contribution in [3.8, 4) is 0 Å². The Kier molecular flexibility index (Phi) is 5.12. The number of alkyl halides is 3. The monoisotopic (exact) mass is 315 g/mol. The van der Waals surface area contributed by atoms with Gasteiger partial charge in [0.1, 0.15) is 0 Å². The number of hydrogen-bond donors (Lipinski definition) is 2. The molecule has 0 unspecified atom stereocenters. The zero-order chi connectivity index (χ0) is 13.5. The fourth-order valence-corrected chi connectivity index (χ4v) is 2.15. The summed E-state index contributed by atoms with van der Waals surface area (Å²) in [6.45, 7) is 0. The molecule has 0 saturated heterocycles. The van der Waals surface area contributed by atoms with Gasteiger partial charge in [-0.15, -0.1) is 12.4 Å². The van der Waals surface area contributed by atoms with Crippen LogP contribution in [0.15, 0.2) is 18.2 Å². The van der Waals surface area contributed by atoms with Gasteiger partial charge < -0.3 is 10.8 Å². The van der Waals surface area contributed by atoms with Crippen LogP contribution in [0.4, 0.5) is 13.2 Å². The van der Waals surface area contributed by atoms with Gasteiger partial charge in [-0.1, -0.05) is 17.7 Å². The quantitative estimate of drug-likeness (QED) is 0.896. The maximum absolute atomic E-state index is 12.9. The largest absolute Gasteiger partial charge is 0.416 e. The molecule has 1 fully saturated rings. The van der Waals surface area contributed by atoms with Crippen LogP contribution >= 0.6 is 24.0 Å². The van der Waals surface area contributed by atoms with Crippen molar-refractivity contribution in [1.82, 2.24) is 0 Å². The van der Waals surface area contributed by atoms with E-state index in [1.54, 1.807) is 0 Å². The summed E-state index contributed by atoms with van der Waals surface area (Å²) in [7, 11) is 0. The van der Waals surface area contributed by atoms with Gasteiger partial charge in [0.25, 0.3) is 0 Å². The summed E-state index contributed by atoms with van der Waals surface area (Å²) in [4.78, 5) is 0. The summed E-state index contributed by atoms with van der Waals surface area (Å²) in [6, 6.07) is 2.40. The molecule has 0 heterocycles. The molecule has 0 aliphatic heterocycles. The average Bonchev–Trinajstić information content (AvgIpc) is 3.09. The van der Waals surface area contributed by atoms with E-state index in [0.717, 1.165) is 18.9 Å². The Morgan fingerprint density at radius 2 is 1.89 bits per heavy atom. The first kappa shape index (κ1) is 16.6. The van der Waals surface area contributed by atoms with Crippen LogP contribution in [-0.4, -0.2) is 11.2 Å².